The van der Waals surface area contributed by atoms with Crippen molar-refractivity contribution in [3.8, 4) is 0 Å². The Kier molecular flexibility index (Phi) is 7.93. The van der Waals surface area contributed by atoms with E-state index in [1.165, 1.54) is 4.90 Å². The second-order valence-corrected chi connectivity index (χ2v) is 10.7. The van der Waals surface area contributed by atoms with Gasteiger partial charge in [0.25, 0.3) is 11.9 Å². The number of aliphatic hydroxyl groups is 1. The molecule has 0 saturated carbocycles. The van der Waals surface area contributed by atoms with Crippen LogP contribution in [-0.4, -0.2) is 73.2 Å². The molecule has 1 fully saturated rings. The maximum absolute atomic E-state index is 13.5. The topological polar surface area (TPSA) is 166 Å². The third-order valence-electron chi connectivity index (χ3n) is 7.16. The molecule has 1 aromatic heterocycles. The highest BCUT2D eigenvalue weighted by Gasteiger charge is 2.49. The van der Waals surface area contributed by atoms with Gasteiger partial charge in [-0.05, 0) is 37.6 Å². The lowest BCUT2D eigenvalue weighted by atomic mass is 9.93. The number of hydrogen-bond acceptors (Lipinski definition) is 7. The largest absolute Gasteiger partial charge is 0.481 e. The first-order valence-electron chi connectivity index (χ1n) is 13.6. The van der Waals surface area contributed by atoms with Gasteiger partial charge in [-0.25, -0.2) is 14.7 Å². The van der Waals surface area contributed by atoms with E-state index >= 15 is 0 Å². The quantitative estimate of drug-likeness (QED) is 0.259. The lowest BCUT2D eigenvalue weighted by molar-refractivity contribution is -0.137. The summed E-state index contributed by atoms with van der Waals surface area (Å²) in [6.45, 7) is 5.13. The van der Waals surface area contributed by atoms with Gasteiger partial charge in [0.05, 0.1) is 24.2 Å². The fourth-order valence-corrected chi connectivity index (χ4v) is 5.33. The summed E-state index contributed by atoms with van der Waals surface area (Å²) in [4.78, 5) is 44.7. The molecule has 2 atom stereocenters. The molecule has 4 aromatic rings. The molecule has 224 valence electrons. The molecule has 2 aliphatic heterocycles. The number of aromatic amines is 1. The molecule has 0 spiro atoms. The molecule has 1 saturated heterocycles. The molecule has 1 unspecified atom stereocenters. The first kappa shape index (κ1) is 29.7. The van der Waals surface area contributed by atoms with Gasteiger partial charge >= 0.3 is 6.09 Å². The number of aromatic nitrogens is 2. The second-order valence-electron chi connectivity index (χ2n) is 10.7. The molecule has 6 rings (SSSR count). The summed E-state index contributed by atoms with van der Waals surface area (Å²) in [6, 6.07) is 21.6. The van der Waals surface area contributed by atoms with E-state index in [2.05, 4.69) is 9.97 Å². The molecule has 2 amide bonds. The number of carboxylic acid groups (broad SMARTS) is 2. The van der Waals surface area contributed by atoms with E-state index in [-0.39, 0.29) is 31.6 Å². The number of nitrogens with zero attached hydrogens (tertiary/aromatic N) is 3. The fraction of sp³-hybridized carbons (Fsp3) is 0.290. The number of carboxylic acids is 1. The molecule has 2 aliphatic rings. The van der Waals surface area contributed by atoms with E-state index < -0.39 is 29.7 Å². The van der Waals surface area contributed by atoms with Gasteiger partial charge in [-0.1, -0.05) is 54.6 Å². The van der Waals surface area contributed by atoms with Gasteiger partial charge in [0.15, 0.2) is 11.5 Å². The van der Waals surface area contributed by atoms with Crippen LogP contribution in [0.1, 0.15) is 47.8 Å². The Hall–Kier alpha value is -4.78. The van der Waals surface area contributed by atoms with Crippen LogP contribution in [-0.2, 0) is 26.5 Å². The van der Waals surface area contributed by atoms with Gasteiger partial charge in [-0.15, -0.1) is 0 Å². The fourth-order valence-electron chi connectivity index (χ4n) is 5.33. The van der Waals surface area contributed by atoms with Crippen molar-refractivity contribution in [2.24, 2.45) is 0 Å². The number of nitrogens with one attached hydrogen (secondary N) is 1. The van der Waals surface area contributed by atoms with E-state index in [0.29, 0.717) is 27.7 Å². The standard InChI is InChI=1S/C29H28N4O6.C2H4O2/c1-28(2)38-17-20(39-28)16-32(27(35)36)26-30-23-13-12-19(14-24(23)31-26)29(37)22-11-7-6-10-21(22)25(34)33(29)15-18-8-4-3-5-9-18;1-2(3)4/h3-14,20,37H,15-17H2,1-2H3,(H,30,31)(H,35,36);1H3,(H,3,4)/t20-,29?;/m0./s1. The summed E-state index contributed by atoms with van der Waals surface area (Å²) >= 11 is 0. The highest BCUT2D eigenvalue weighted by molar-refractivity contribution is 6.00. The number of imidazole rings is 1. The molecule has 0 radical (unpaired) electrons. The van der Waals surface area contributed by atoms with Crippen LogP contribution in [0, 0.1) is 0 Å². The predicted molar refractivity (Wildman–Crippen MR) is 155 cm³/mol. The Morgan fingerprint density at radius 2 is 1.74 bits per heavy atom. The van der Waals surface area contributed by atoms with Crippen LogP contribution in [0.4, 0.5) is 10.7 Å². The highest BCUT2D eigenvalue weighted by atomic mass is 16.7. The number of rotatable bonds is 6. The third-order valence-corrected chi connectivity index (χ3v) is 7.16. The Balaban J connectivity index is 0.000000868. The lowest BCUT2D eigenvalue weighted by Gasteiger charge is -2.35. The van der Waals surface area contributed by atoms with Crippen molar-refractivity contribution >= 4 is 35.0 Å². The first-order chi connectivity index (χ1) is 20.4. The molecular weight excluding hydrogens is 556 g/mol. The van der Waals surface area contributed by atoms with E-state index in [1.54, 1.807) is 56.3 Å². The minimum atomic E-state index is -1.74. The molecular formula is C31H32N4O8. The average molecular weight is 589 g/mol. The lowest BCUT2D eigenvalue weighted by Crippen LogP contribution is -2.44. The minimum absolute atomic E-state index is 0.0299. The number of anilines is 1. The SMILES string of the molecule is CC(=O)O.CC1(C)OC[C@H](CN(C(=O)O)c2nc3ccc(C4(O)c5ccccc5C(=O)N4Cc4ccccc4)cc3[nH]2)O1. The maximum Gasteiger partial charge on any atom is 0.414 e. The Morgan fingerprint density at radius 1 is 1.07 bits per heavy atom. The Bertz CT molecular complexity index is 1670. The van der Waals surface area contributed by atoms with Crippen molar-refractivity contribution in [3.63, 3.8) is 0 Å². The zero-order valence-electron chi connectivity index (χ0n) is 23.9. The van der Waals surface area contributed by atoms with E-state index in [0.717, 1.165) is 17.4 Å². The zero-order chi connectivity index (χ0) is 30.9. The van der Waals surface area contributed by atoms with Crippen molar-refractivity contribution in [2.75, 3.05) is 18.1 Å². The van der Waals surface area contributed by atoms with Gasteiger partial charge < -0.3 is 29.8 Å². The van der Waals surface area contributed by atoms with Gasteiger partial charge in [0.1, 0.15) is 6.10 Å². The number of carbonyl (C=O) groups is 3. The molecule has 12 nitrogen and oxygen atoms in total. The molecule has 43 heavy (non-hydrogen) atoms. The third kappa shape index (κ3) is 5.93. The van der Waals surface area contributed by atoms with Crippen LogP contribution in [0.3, 0.4) is 0 Å². The summed E-state index contributed by atoms with van der Waals surface area (Å²) in [5.41, 5.74) is 1.53. The van der Waals surface area contributed by atoms with Crippen molar-refractivity contribution in [1.82, 2.24) is 14.9 Å². The zero-order valence-corrected chi connectivity index (χ0v) is 23.9. The number of benzene rings is 3. The van der Waals surface area contributed by atoms with Gasteiger partial charge in [0.2, 0.25) is 5.95 Å². The van der Waals surface area contributed by atoms with E-state index in [1.807, 2.05) is 30.3 Å². The van der Waals surface area contributed by atoms with E-state index in [9.17, 15) is 19.8 Å². The monoisotopic (exact) mass is 588 g/mol. The number of aliphatic carboxylic acids is 1. The summed E-state index contributed by atoms with van der Waals surface area (Å²) in [5.74, 6) is -1.77. The van der Waals surface area contributed by atoms with Crippen LogP contribution in [0.2, 0.25) is 0 Å². The molecule has 3 aromatic carbocycles. The van der Waals surface area contributed by atoms with Crippen molar-refractivity contribution in [3.05, 3.63) is 95.1 Å². The van der Waals surface area contributed by atoms with Crippen molar-refractivity contribution < 1.29 is 39.2 Å². The average Bonchev–Trinajstić information content (AvgIpc) is 3.60. The number of amides is 2. The normalized spacial score (nSPS) is 20.4. The van der Waals surface area contributed by atoms with Crippen LogP contribution in [0.5, 0.6) is 0 Å². The van der Waals surface area contributed by atoms with Crippen molar-refractivity contribution in [2.45, 2.75) is 44.9 Å². The van der Waals surface area contributed by atoms with Crippen molar-refractivity contribution in [1.29, 1.82) is 0 Å². The maximum atomic E-state index is 13.5. The molecule has 4 N–H and O–H groups in total. The summed E-state index contributed by atoms with van der Waals surface area (Å²) in [5, 5.41) is 29.6. The van der Waals surface area contributed by atoms with Crippen LogP contribution in [0.15, 0.2) is 72.8 Å². The van der Waals surface area contributed by atoms with Crippen LogP contribution < -0.4 is 4.90 Å². The van der Waals surface area contributed by atoms with Gasteiger partial charge in [-0.3, -0.25) is 14.5 Å². The summed E-state index contributed by atoms with van der Waals surface area (Å²) in [7, 11) is 0. The first-order valence-corrected chi connectivity index (χ1v) is 13.6. The molecule has 0 aliphatic carbocycles. The smallest absolute Gasteiger partial charge is 0.414 e. The number of hydrogen-bond donors (Lipinski definition) is 4. The molecule has 12 heteroatoms. The second kappa shape index (κ2) is 11.5. The van der Waals surface area contributed by atoms with Gasteiger partial charge in [-0.2, -0.15) is 0 Å². The number of carbonyl (C=O) groups excluding carboxylic acids is 1. The minimum Gasteiger partial charge on any atom is -0.481 e. The Labute approximate surface area is 247 Å². The highest BCUT2D eigenvalue weighted by Crippen LogP contribution is 2.43. The molecule has 0 bridgehead atoms. The predicted octanol–water partition coefficient (Wildman–Crippen LogP) is 4.14. The number of ether oxygens (including phenoxy) is 2. The summed E-state index contributed by atoms with van der Waals surface area (Å²) < 4.78 is 11.4. The van der Waals surface area contributed by atoms with Gasteiger partial charge in [0, 0.05) is 30.2 Å². The summed E-state index contributed by atoms with van der Waals surface area (Å²) in [6.07, 6.45) is -1.64. The Morgan fingerprint density at radius 3 is 2.40 bits per heavy atom. The van der Waals surface area contributed by atoms with E-state index in [4.69, 9.17) is 19.4 Å². The van der Waals surface area contributed by atoms with Crippen LogP contribution >= 0.6 is 0 Å². The van der Waals surface area contributed by atoms with Crippen LogP contribution in [0.25, 0.3) is 11.0 Å². The number of fused-ring (bicyclic) bond motifs is 2. The number of H-pyrrole nitrogens is 1. The molecule has 3 heterocycles.